The van der Waals surface area contributed by atoms with E-state index in [0.29, 0.717) is 13.0 Å². The first-order valence-corrected chi connectivity index (χ1v) is 7.92. The second kappa shape index (κ2) is 7.17. The van der Waals surface area contributed by atoms with Crippen LogP contribution in [0.2, 0.25) is 0 Å². The number of ether oxygens (including phenoxy) is 1. The zero-order valence-corrected chi connectivity index (χ0v) is 13.6. The van der Waals surface area contributed by atoms with Crippen LogP contribution in [-0.2, 0) is 27.3 Å². The van der Waals surface area contributed by atoms with E-state index in [9.17, 15) is 9.59 Å². The van der Waals surface area contributed by atoms with E-state index in [1.807, 2.05) is 54.6 Å². The van der Waals surface area contributed by atoms with Crippen LogP contribution >= 0.6 is 0 Å². The minimum Gasteiger partial charge on any atom is -0.467 e. The second-order valence-electron chi connectivity index (χ2n) is 5.75. The van der Waals surface area contributed by atoms with Gasteiger partial charge in [-0.2, -0.15) is 0 Å². The molecule has 1 heterocycles. The molecule has 1 atom stereocenters. The number of hydrogen-bond acceptors (Lipinski definition) is 4. The summed E-state index contributed by atoms with van der Waals surface area (Å²) in [6, 6.07) is 16.8. The Labute approximate surface area is 141 Å². The Bertz CT molecular complexity index is 730. The number of rotatable bonds is 4. The first-order valence-electron chi connectivity index (χ1n) is 7.92. The van der Waals surface area contributed by atoms with E-state index in [1.54, 1.807) is 4.90 Å². The van der Waals surface area contributed by atoms with Crippen molar-refractivity contribution in [3.8, 4) is 0 Å². The molecule has 0 fully saturated rings. The van der Waals surface area contributed by atoms with Crippen LogP contribution < -0.4 is 5.32 Å². The Hall–Kier alpha value is -2.82. The molecule has 1 aliphatic rings. The molecule has 2 aromatic carbocycles. The minimum absolute atomic E-state index is 0.122. The van der Waals surface area contributed by atoms with Crippen molar-refractivity contribution in [2.45, 2.75) is 19.0 Å². The lowest BCUT2D eigenvalue weighted by Crippen LogP contribution is -2.50. The van der Waals surface area contributed by atoms with Crippen LogP contribution in [0.25, 0.3) is 0 Å². The Balaban J connectivity index is 1.75. The number of fused-ring (bicyclic) bond motifs is 1. The number of nitrogens with zero attached hydrogens (tertiary/aromatic N) is 1. The zero-order valence-electron chi connectivity index (χ0n) is 13.6. The topological polar surface area (TPSA) is 58.6 Å². The molecule has 0 bridgehead atoms. The third-order valence-corrected chi connectivity index (χ3v) is 4.26. The Morgan fingerprint density at radius 1 is 1.08 bits per heavy atom. The summed E-state index contributed by atoms with van der Waals surface area (Å²) in [5.74, 6) is -0.499. The van der Waals surface area contributed by atoms with Crippen LogP contribution in [-0.4, -0.2) is 36.5 Å². The smallest absolute Gasteiger partial charge is 0.328 e. The number of para-hydroxylation sites is 1. The van der Waals surface area contributed by atoms with E-state index in [0.717, 1.165) is 16.8 Å². The molecule has 0 aliphatic carbocycles. The number of anilines is 1. The number of carbonyl (C=O) groups is 2. The summed E-state index contributed by atoms with van der Waals surface area (Å²) in [7, 11) is 1.35. The Morgan fingerprint density at radius 3 is 2.46 bits per heavy atom. The van der Waals surface area contributed by atoms with Crippen molar-refractivity contribution in [1.82, 2.24) is 4.90 Å². The average molecular weight is 324 g/mol. The molecule has 1 aliphatic heterocycles. The number of carbonyl (C=O) groups excluding carboxylic acids is 2. The van der Waals surface area contributed by atoms with Gasteiger partial charge in [-0.15, -0.1) is 0 Å². The summed E-state index contributed by atoms with van der Waals surface area (Å²) < 4.78 is 4.89. The average Bonchev–Trinajstić information content (AvgIpc) is 2.65. The monoisotopic (exact) mass is 324 g/mol. The normalized spacial score (nSPS) is 16.2. The highest BCUT2D eigenvalue weighted by Crippen LogP contribution is 2.24. The van der Waals surface area contributed by atoms with E-state index in [-0.39, 0.29) is 18.4 Å². The number of methoxy groups -OCH3 is 1. The molecule has 124 valence electrons. The highest BCUT2D eigenvalue weighted by atomic mass is 16.5. The predicted octanol–water partition coefficient (Wildman–Crippen LogP) is 2.22. The van der Waals surface area contributed by atoms with Gasteiger partial charge in [0, 0.05) is 18.7 Å². The number of esters is 1. The summed E-state index contributed by atoms with van der Waals surface area (Å²) in [5.41, 5.74) is 3.04. The quantitative estimate of drug-likeness (QED) is 0.876. The Morgan fingerprint density at radius 2 is 1.75 bits per heavy atom. The van der Waals surface area contributed by atoms with Gasteiger partial charge in [0.05, 0.1) is 13.7 Å². The molecule has 1 unspecified atom stereocenters. The maximum Gasteiger partial charge on any atom is 0.328 e. The van der Waals surface area contributed by atoms with E-state index in [1.165, 1.54) is 7.11 Å². The van der Waals surface area contributed by atoms with E-state index < -0.39 is 6.04 Å². The fraction of sp³-hybridized carbons (Fsp3) is 0.263. The van der Waals surface area contributed by atoms with Crippen LogP contribution in [0.3, 0.4) is 0 Å². The van der Waals surface area contributed by atoms with Gasteiger partial charge in [0.2, 0.25) is 5.91 Å². The summed E-state index contributed by atoms with van der Waals surface area (Å²) >= 11 is 0. The SMILES string of the molecule is COC(=O)C1Cc2ccccc2CN1C(=O)CNc1ccccc1. The number of hydrogen-bond donors (Lipinski definition) is 1. The molecule has 0 spiro atoms. The molecule has 3 rings (SSSR count). The molecule has 0 saturated heterocycles. The van der Waals surface area contributed by atoms with Crippen LogP contribution in [0.4, 0.5) is 5.69 Å². The van der Waals surface area contributed by atoms with Crippen molar-refractivity contribution in [1.29, 1.82) is 0 Å². The molecule has 0 saturated carbocycles. The van der Waals surface area contributed by atoms with Crippen LogP contribution in [0.1, 0.15) is 11.1 Å². The molecule has 2 aromatic rings. The molecule has 5 heteroatoms. The summed E-state index contributed by atoms with van der Waals surface area (Å²) in [6.07, 6.45) is 0.486. The van der Waals surface area contributed by atoms with Gasteiger partial charge in [0.25, 0.3) is 0 Å². The fourth-order valence-corrected chi connectivity index (χ4v) is 2.97. The molecule has 1 amide bonds. The highest BCUT2D eigenvalue weighted by Gasteiger charge is 2.34. The molecule has 0 aromatic heterocycles. The summed E-state index contributed by atoms with van der Waals surface area (Å²) in [5, 5.41) is 3.10. The van der Waals surface area contributed by atoms with Gasteiger partial charge in [-0.05, 0) is 23.3 Å². The second-order valence-corrected chi connectivity index (χ2v) is 5.75. The molecule has 0 radical (unpaired) electrons. The van der Waals surface area contributed by atoms with Crippen molar-refractivity contribution in [3.05, 3.63) is 65.7 Å². The highest BCUT2D eigenvalue weighted by molar-refractivity contribution is 5.87. The largest absolute Gasteiger partial charge is 0.467 e. The number of nitrogens with one attached hydrogen (secondary N) is 1. The van der Waals surface area contributed by atoms with E-state index >= 15 is 0 Å². The van der Waals surface area contributed by atoms with Gasteiger partial charge < -0.3 is 15.0 Å². The van der Waals surface area contributed by atoms with Crippen molar-refractivity contribution < 1.29 is 14.3 Å². The molecule has 1 N–H and O–H groups in total. The van der Waals surface area contributed by atoms with Gasteiger partial charge in [-0.1, -0.05) is 42.5 Å². The molecular formula is C19H20N2O3. The maximum absolute atomic E-state index is 12.7. The lowest BCUT2D eigenvalue weighted by molar-refractivity contribution is -0.153. The number of benzene rings is 2. The first kappa shape index (κ1) is 16.1. The molecule has 24 heavy (non-hydrogen) atoms. The predicted molar refractivity (Wildman–Crippen MR) is 91.4 cm³/mol. The standard InChI is InChI=1S/C19H20N2O3/c1-24-19(23)17-11-14-7-5-6-8-15(14)13-21(17)18(22)12-20-16-9-3-2-4-10-16/h2-10,17,20H,11-13H2,1H3. The first-order chi connectivity index (χ1) is 11.7. The van der Waals surface area contributed by atoms with Crippen LogP contribution in [0.5, 0.6) is 0 Å². The lowest BCUT2D eigenvalue weighted by atomic mass is 9.94. The maximum atomic E-state index is 12.7. The van der Waals surface area contributed by atoms with Crippen LogP contribution in [0.15, 0.2) is 54.6 Å². The zero-order chi connectivity index (χ0) is 16.9. The molecular weight excluding hydrogens is 304 g/mol. The van der Waals surface area contributed by atoms with Gasteiger partial charge in [0.15, 0.2) is 0 Å². The number of amides is 1. The van der Waals surface area contributed by atoms with Crippen molar-refractivity contribution >= 4 is 17.6 Å². The van der Waals surface area contributed by atoms with Crippen molar-refractivity contribution in [3.63, 3.8) is 0 Å². The minimum atomic E-state index is -0.574. The van der Waals surface area contributed by atoms with E-state index in [4.69, 9.17) is 4.74 Å². The van der Waals surface area contributed by atoms with Gasteiger partial charge >= 0.3 is 5.97 Å². The summed E-state index contributed by atoms with van der Waals surface area (Å²) in [4.78, 5) is 26.4. The van der Waals surface area contributed by atoms with Gasteiger partial charge in [-0.25, -0.2) is 4.79 Å². The third kappa shape index (κ3) is 3.40. The lowest BCUT2D eigenvalue weighted by Gasteiger charge is -2.35. The van der Waals surface area contributed by atoms with Gasteiger partial charge in [-0.3, -0.25) is 4.79 Å². The summed E-state index contributed by atoms with van der Waals surface area (Å²) in [6.45, 7) is 0.560. The fourth-order valence-electron chi connectivity index (χ4n) is 2.97. The van der Waals surface area contributed by atoms with Crippen molar-refractivity contribution in [2.24, 2.45) is 0 Å². The molecule has 5 nitrogen and oxygen atoms in total. The van der Waals surface area contributed by atoms with E-state index in [2.05, 4.69) is 5.32 Å². The van der Waals surface area contributed by atoms with Gasteiger partial charge in [0.1, 0.15) is 6.04 Å². The third-order valence-electron chi connectivity index (χ3n) is 4.26. The van der Waals surface area contributed by atoms with Crippen molar-refractivity contribution in [2.75, 3.05) is 19.0 Å². The van der Waals surface area contributed by atoms with Crippen LogP contribution in [0, 0.1) is 0 Å². The Kier molecular flexibility index (Phi) is 4.79.